The van der Waals surface area contributed by atoms with Crippen LogP contribution in [0, 0.1) is 0 Å². The summed E-state index contributed by atoms with van der Waals surface area (Å²) in [5.41, 5.74) is -6.34. The Balaban J connectivity index is -0.000000187. The molecule has 16 heteroatoms. The van der Waals surface area contributed by atoms with Crippen LogP contribution < -0.4 is 0 Å². The molecule has 4 unspecified atom stereocenters. The van der Waals surface area contributed by atoms with Crippen LogP contribution >= 0.6 is 45.2 Å². The Morgan fingerprint density at radius 1 is 0.706 bits per heavy atom. The normalized spacial score (nSPS) is 18.0. The highest BCUT2D eigenvalue weighted by atomic mass is 127. The van der Waals surface area contributed by atoms with Gasteiger partial charge in [-0.05, 0) is 43.4 Å². The second kappa shape index (κ2) is 16.7. The van der Waals surface area contributed by atoms with Gasteiger partial charge in [0.2, 0.25) is 11.3 Å². The van der Waals surface area contributed by atoms with Crippen molar-refractivity contribution in [2.75, 3.05) is 13.2 Å². The van der Waals surface area contributed by atoms with Gasteiger partial charge in [0.25, 0.3) is 3.68 Å². The molecule has 0 saturated heterocycles. The molecule has 0 aromatic carbocycles. The Hall–Kier alpha value is 0.0200. The van der Waals surface area contributed by atoms with Crippen molar-refractivity contribution in [3.63, 3.8) is 0 Å². The van der Waals surface area contributed by atoms with E-state index in [0.717, 1.165) is 6.08 Å². The third-order valence-electron chi connectivity index (χ3n) is 3.14. The highest BCUT2D eigenvalue weighted by Crippen LogP contribution is 2.39. The summed E-state index contributed by atoms with van der Waals surface area (Å²) in [7, 11) is 0. The summed E-state index contributed by atoms with van der Waals surface area (Å²) >= 11 is 2.27. The van der Waals surface area contributed by atoms with Gasteiger partial charge in [0, 0.05) is 16.8 Å². The van der Waals surface area contributed by atoms with Gasteiger partial charge in [-0.25, -0.2) is 13.2 Å². The first-order valence-corrected chi connectivity index (χ1v) is 11.0. The molecule has 0 spiro atoms. The number of aliphatic hydroxyl groups excluding tert-OH is 2. The Labute approximate surface area is 217 Å². The molecular weight excluding hydrogens is 730 g/mol. The molecule has 0 fully saturated rings. The molecule has 0 heterocycles. The van der Waals surface area contributed by atoms with Crippen LogP contribution in [0.4, 0.5) is 52.7 Å². The molecule has 0 aromatic heterocycles. The summed E-state index contributed by atoms with van der Waals surface area (Å²) in [5.74, 6) is 0. The van der Waals surface area contributed by atoms with Gasteiger partial charge >= 0.3 is 18.5 Å². The maximum atomic E-state index is 12.8. The molecule has 0 saturated carbocycles. The lowest BCUT2D eigenvalue weighted by Gasteiger charge is -2.25. The van der Waals surface area contributed by atoms with Crippen LogP contribution in [0.15, 0.2) is 25.3 Å². The fraction of sp³-hybridized carbons (Fsp3) is 0.778. The molecule has 0 aliphatic rings. The van der Waals surface area contributed by atoms with E-state index < -0.39 is 56.9 Å². The van der Waals surface area contributed by atoms with Crippen LogP contribution in [-0.2, 0) is 0 Å². The first-order valence-electron chi connectivity index (χ1n) is 8.71. The van der Waals surface area contributed by atoms with Crippen molar-refractivity contribution in [3.8, 4) is 0 Å². The van der Waals surface area contributed by atoms with Crippen LogP contribution in [0.2, 0.25) is 0 Å². The molecule has 0 aliphatic heterocycles. The summed E-state index contributed by atoms with van der Waals surface area (Å²) in [6.45, 7) is 7.32. The topological polar surface area (TPSA) is 40.5 Å². The van der Waals surface area contributed by atoms with Gasteiger partial charge in [-0.3, -0.25) is 0 Å². The smallest absolute Gasteiger partial charge is 0.395 e. The third kappa shape index (κ3) is 20.2. The molecule has 0 bridgehead atoms. The van der Waals surface area contributed by atoms with Crippen molar-refractivity contribution in [1.29, 1.82) is 0 Å². The lowest BCUT2D eigenvalue weighted by Crippen LogP contribution is -2.40. The molecule has 2 N–H and O–H groups in total. The molecule has 208 valence electrons. The highest BCUT2D eigenvalue weighted by molar-refractivity contribution is 14.1. The summed E-state index contributed by atoms with van der Waals surface area (Å²) in [6.07, 6.45) is -13.5. The van der Waals surface area contributed by atoms with Crippen molar-refractivity contribution in [1.82, 2.24) is 0 Å². The average molecular weight is 756 g/mol. The van der Waals surface area contributed by atoms with Gasteiger partial charge in [0.05, 0.1) is 13.2 Å². The van der Waals surface area contributed by atoms with E-state index in [4.69, 9.17) is 10.2 Å². The molecule has 0 amide bonds. The highest BCUT2D eigenvalue weighted by Gasteiger charge is 2.53. The van der Waals surface area contributed by atoms with E-state index in [1.807, 2.05) is 0 Å². The zero-order chi connectivity index (χ0) is 28.8. The maximum Gasteiger partial charge on any atom is 0.431 e. The van der Waals surface area contributed by atoms with E-state index in [2.05, 4.69) is 13.2 Å². The fourth-order valence-corrected chi connectivity index (χ4v) is 1.81. The Morgan fingerprint density at radius 3 is 1.12 bits per heavy atom. The lowest BCUT2D eigenvalue weighted by molar-refractivity contribution is -0.225. The number of rotatable bonds is 6. The molecule has 0 radical (unpaired) electrons. The van der Waals surface area contributed by atoms with E-state index in [-0.39, 0.29) is 6.61 Å². The number of allylic oxidation sites excluding steroid dienone is 1. The number of hydrogen-bond donors (Lipinski definition) is 2. The first-order chi connectivity index (χ1) is 14.7. The van der Waals surface area contributed by atoms with Crippen molar-refractivity contribution < 1.29 is 62.9 Å². The second-order valence-corrected chi connectivity index (χ2v) is 10.5. The van der Waals surface area contributed by atoms with Crippen LogP contribution in [0.5, 0.6) is 0 Å². The molecule has 0 aliphatic carbocycles. The van der Waals surface area contributed by atoms with Gasteiger partial charge in [-0.2, -0.15) is 39.5 Å². The van der Waals surface area contributed by atoms with E-state index in [9.17, 15) is 52.7 Å². The molecule has 4 atom stereocenters. The van der Waals surface area contributed by atoms with Crippen molar-refractivity contribution in [2.24, 2.45) is 0 Å². The summed E-state index contributed by atoms with van der Waals surface area (Å²) in [5, 5.41) is 16.2. The lowest BCUT2D eigenvalue weighted by atomic mass is 10.0. The number of alkyl halides is 14. The van der Waals surface area contributed by atoms with Crippen molar-refractivity contribution in [3.05, 3.63) is 25.3 Å². The van der Waals surface area contributed by atoms with Crippen LogP contribution in [0.25, 0.3) is 0 Å². The van der Waals surface area contributed by atoms with Gasteiger partial charge in [-0.15, -0.1) is 13.2 Å². The monoisotopic (exact) mass is 756 g/mol. The van der Waals surface area contributed by atoms with Crippen molar-refractivity contribution in [2.45, 2.75) is 71.1 Å². The van der Waals surface area contributed by atoms with Crippen LogP contribution in [0.3, 0.4) is 0 Å². The quantitative estimate of drug-likeness (QED) is 0.124. The summed E-state index contributed by atoms with van der Waals surface area (Å²) in [4.78, 5) is 0. The molecule has 2 nitrogen and oxygen atoms in total. The minimum atomic E-state index is -4.86. The molecule has 34 heavy (non-hydrogen) atoms. The predicted octanol–water partition coefficient (Wildman–Crippen LogP) is 8.15. The fourth-order valence-electron chi connectivity index (χ4n) is 0.983. The summed E-state index contributed by atoms with van der Waals surface area (Å²) in [6, 6.07) is 0. The zero-order valence-electron chi connectivity index (χ0n) is 18.2. The van der Waals surface area contributed by atoms with E-state index in [1.54, 1.807) is 22.6 Å². The maximum absolute atomic E-state index is 12.8. The molecule has 0 aromatic rings. The number of halogens is 14. The first kappa shape index (κ1) is 41.2. The Bertz CT molecular complexity index is 539. The number of hydrogen-bond acceptors (Lipinski definition) is 2. The largest absolute Gasteiger partial charge is 0.431 e. The number of aliphatic hydroxyl groups is 2. The van der Waals surface area contributed by atoms with E-state index in [1.165, 1.54) is 6.08 Å². The standard InChI is InChI=1S/C6H9F4IO.C6H8F4.C3H3F4I.C3H6O/c1-5(7,6(8,9)10)2-4(11)3-12;1-3-4-5(2,7)6(8,9)10;1-2(4,8)3(5,6)7;1-2-3-4/h4,12H,2-3H2,1H3;3H,1,4H2,2H3;1H3;2,4H,1,3H2. The Morgan fingerprint density at radius 2 is 1.00 bits per heavy atom. The second-order valence-electron chi connectivity index (χ2n) is 6.72. The van der Waals surface area contributed by atoms with Crippen molar-refractivity contribution >= 4 is 45.2 Å². The minimum Gasteiger partial charge on any atom is -0.395 e. The summed E-state index contributed by atoms with van der Waals surface area (Å²) < 4.78 is 137. The minimum absolute atomic E-state index is 0.0833. The van der Waals surface area contributed by atoms with Gasteiger partial charge in [0.15, 0.2) is 0 Å². The Kier molecular flexibility index (Phi) is 20.2. The van der Waals surface area contributed by atoms with E-state index >= 15 is 0 Å². The average Bonchev–Trinajstić information content (AvgIpc) is 2.59. The van der Waals surface area contributed by atoms with E-state index in [0.29, 0.717) is 43.4 Å². The van der Waals surface area contributed by atoms with Gasteiger partial charge in [-0.1, -0.05) is 34.7 Å². The van der Waals surface area contributed by atoms with Gasteiger partial charge in [0.1, 0.15) is 0 Å². The van der Waals surface area contributed by atoms with Crippen LogP contribution in [-0.4, -0.2) is 60.9 Å². The van der Waals surface area contributed by atoms with Gasteiger partial charge < -0.3 is 10.2 Å². The molecule has 0 rings (SSSR count). The van der Waals surface area contributed by atoms with Crippen LogP contribution in [0.1, 0.15) is 33.6 Å². The SMILES string of the molecule is C=CCC(C)(F)C(F)(F)F.C=CCO.CC(F)(CC(I)CO)C(F)(F)F.CC(F)(I)C(F)(F)F. The predicted molar refractivity (Wildman–Crippen MR) is 122 cm³/mol. The third-order valence-corrected chi connectivity index (χ3v) is 4.59. The molecular formula is C18H26F12I2O2. The zero-order valence-corrected chi connectivity index (χ0v) is 22.5.